The summed E-state index contributed by atoms with van der Waals surface area (Å²) in [6.45, 7) is 0. The molecule has 0 aliphatic heterocycles. The van der Waals surface area contributed by atoms with Crippen molar-refractivity contribution in [2.24, 2.45) is 0 Å². The number of para-hydroxylation sites is 6. The summed E-state index contributed by atoms with van der Waals surface area (Å²) in [6.07, 6.45) is 0. The SMILES string of the molecule is O=[N+]([O-])c1ccccc1Nc1cc(-n2c3ccccc3c3ccccc32)cc2c1oc1ccc(-c3cccc(-n4c5ccccc5c5ccccc54)c3)cc12. The Morgan fingerprint density at radius 3 is 1.62 bits per heavy atom. The van der Waals surface area contributed by atoms with Gasteiger partial charge in [0.1, 0.15) is 11.3 Å². The quantitative estimate of drug-likeness (QED) is 0.138. The average molecular weight is 711 g/mol. The van der Waals surface area contributed by atoms with E-state index in [-0.39, 0.29) is 10.6 Å². The van der Waals surface area contributed by atoms with E-state index in [4.69, 9.17) is 4.42 Å². The van der Waals surface area contributed by atoms with Gasteiger partial charge in [-0.2, -0.15) is 0 Å². The van der Waals surface area contributed by atoms with Crippen LogP contribution in [0.3, 0.4) is 0 Å². The van der Waals surface area contributed by atoms with Gasteiger partial charge < -0.3 is 18.9 Å². The molecule has 0 spiro atoms. The zero-order valence-electron chi connectivity index (χ0n) is 29.3. The Labute approximate surface area is 314 Å². The van der Waals surface area contributed by atoms with E-state index in [2.05, 4.69) is 154 Å². The lowest BCUT2D eigenvalue weighted by atomic mass is 10.0. The molecule has 7 nitrogen and oxygen atoms in total. The zero-order valence-corrected chi connectivity index (χ0v) is 29.3. The third-order valence-electron chi connectivity index (χ3n) is 10.8. The number of nitro benzene ring substituents is 1. The van der Waals surface area contributed by atoms with Gasteiger partial charge in [-0.1, -0.05) is 103 Å². The van der Waals surface area contributed by atoms with Crippen molar-refractivity contribution in [3.05, 3.63) is 186 Å². The van der Waals surface area contributed by atoms with E-state index in [1.165, 1.54) is 16.8 Å². The third-order valence-corrected chi connectivity index (χ3v) is 10.8. The second-order valence-electron chi connectivity index (χ2n) is 13.9. The Hall–Kier alpha value is -7.64. The van der Waals surface area contributed by atoms with E-state index in [1.807, 2.05) is 12.1 Å². The first-order chi connectivity index (χ1) is 27.1. The molecule has 3 heterocycles. The standard InChI is InChI=1S/C48H30N4O3/c53-52(54)46-23-10-5-18-40(46)49-41-29-33(51-44-21-8-3-16-36(44)37-17-4-9-22-45(37)51)28-39-38-27-31(24-25-47(38)55-48(39)41)30-12-11-13-32(26-30)50-42-19-6-1-14-34(42)35-15-2-7-20-43(35)50/h1-29,49H. The van der Waals surface area contributed by atoms with Crippen LogP contribution in [0.15, 0.2) is 180 Å². The van der Waals surface area contributed by atoms with Crippen LogP contribution in [-0.4, -0.2) is 14.1 Å². The lowest BCUT2D eigenvalue weighted by Gasteiger charge is -2.13. The summed E-state index contributed by atoms with van der Waals surface area (Å²) in [6, 6.07) is 59.7. The summed E-state index contributed by atoms with van der Waals surface area (Å²) < 4.78 is 11.2. The fourth-order valence-electron chi connectivity index (χ4n) is 8.37. The van der Waals surface area contributed by atoms with Gasteiger partial charge in [-0.3, -0.25) is 10.1 Å². The summed E-state index contributed by atoms with van der Waals surface area (Å²) in [4.78, 5) is 11.7. The minimum atomic E-state index is -0.366. The highest BCUT2D eigenvalue weighted by Crippen LogP contribution is 2.42. The molecule has 0 amide bonds. The largest absolute Gasteiger partial charge is 0.454 e. The first-order valence-corrected chi connectivity index (χ1v) is 18.2. The summed E-state index contributed by atoms with van der Waals surface area (Å²) in [5.74, 6) is 0. The predicted molar refractivity (Wildman–Crippen MR) is 224 cm³/mol. The second kappa shape index (κ2) is 11.9. The number of hydrogen-bond donors (Lipinski definition) is 1. The Kier molecular flexibility index (Phi) is 6.72. The van der Waals surface area contributed by atoms with Crippen molar-refractivity contribution < 1.29 is 9.34 Å². The van der Waals surface area contributed by atoms with Crippen molar-refractivity contribution in [3.8, 4) is 22.5 Å². The molecule has 0 aliphatic carbocycles. The van der Waals surface area contributed by atoms with E-state index in [1.54, 1.807) is 18.2 Å². The fourth-order valence-corrected chi connectivity index (χ4v) is 8.37. The van der Waals surface area contributed by atoms with Crippen LogP contribution in [0.4, 0.5) is 17.1 Å². The van der Waals surface area contributed by atoms with E-state index in [9.17, 15) is 10.1 Å². The molecule has 260 valence electrons. The van der Waals surface area contributed by atoms with Gasteiger partial charge >= 0.3 is 0 Å². The van der Waals surface area contributed by atoms with Crippen molar-refractivity contribution in [3.63, 3.8) is 0 Å². The van der Waals surface area contributed by atoms with Crippen LogP contribution in [0.1, 0.15) is 0 Å². The lowest BCUT2D eigenvalue weighted by Crippen LogP contribution is -1.99. The molecule has 0 saturated carbocycles. The normalized spacial score (nSPS) is 11.8. The number of hydrogen-bond acceptors (Lipinski definition) is 4. The first-order valence-electron chi connectivity index (χ1n) is 18.2. The smallest absolute Gasteiger partial charge is 0.292 e. The Morgan fingerprint density at radius 1 is 0.455 bits per heavy atom. The predicted octanol–water partition coefficient (Wildman–Crippen LogP) is 13.1. The highest BCUT2D eigenvalue weighted by molar-refractivity contribution is 6.14. The van der Waals surface area contributed by atoms with Crippen LogP contribution in [0.2, 0.25) is 0 Å². The van der Waals surface area contributed by atoms with Gasteiger partial charge in [-0.25, -0.2) is 0 Å². The van der Waals surface area contributed by atoms with Crippen molar-refractivity contribution in [1.29, 1.82) is 0 Å². The molecule has 1 N–H and O–H groups in total. The number of aromatic nitrogens is 2. The van der Waals surface area contributed by atoms with Gasteiger partial charge in [0, 0.05) is 49.8 Å². The van der Waals surface area contributed by atoms with Crippen LogP contribution in [0.25, 0.3) is 88.1 Å². The molecule has 3 aromatic heterocycles. The molecule has 0 unspecified atom stereocenters. The molecule has 0 radical (unpaired) electrons. The number of fused-ring (bicyclic) bond motifs is 9. The van der Waals surface area contributed by atoms with E-state index < -0.39 is 0 Å². The minimum absolute atomic E-state index is 0.0144. The van der Waals surface area contributed by atoms with Crippen molar-refractivity contribution in [2.75, 3.05) is 5.32 Å². The van der Waals surface area contributed by atoms with E-state index in [0.717, 1.165) is 71.7 Å². The van der Waals surface area contributed by atoms with Gasteiger partial charge in [0.05, 0.1) is 32.7 Å². The van der Waals surface area contributed by atoms with Crippen LogP contribution in [0, 0.1) is 10.1 Å². The summed E-state index contributed by atoms with van der Waals surface area (Å²) in [7, 11) is 0. The fraction of sp³-hybridized carbons (Fsp3) is 0. The highest BCUT2D eigenvalue weighted by Gasteiger charge is 2.21. The Bertz CT molecular complexity index is 3240. The van der Waals surface area contributed by atoms with Crippen LogP contribution in [0.5, 0.6) is 0 Å². The number of nitrogens with zero attached hydrogens (tertiary/aromatic N) is 3. The van der Waals surface area contributed by atoms with E-state index >= 15 is 0 Å². The van der Waals surface area contributed by atoms with Gasteiger partial charge in [-0.15, -0.1) is 0 Å². The average Bonchev–Trinajstić information content (AvgIpc) is 3.89. The summed E-state index contributed by atoms with van der Waals surface area (Å²) in [5, 5.41) is 22.1. The van der Waals surface area contributed by atoms with Gasteiger partial charge in [-0.05, 0) is 77.9 Å². The molecule has 55 heavy (non-hydrogen) atoms. The maximum Gasteiger partial charge on any atom is 0.292 e. The van der Waals surface area contributed by atoms with Crippen molar-refractivity contribution in [1.82, 2.24) is 9.13 Å². The number of nitro groups is 1. The molecular formula is C48H30N4O3. The molecule has 0 saturated heterocycles. The maximum atomic E-state index is 12.1. The monoisotopic (exact) mass is 710 g/mol. The number of benzene rings is 8. The van der Waals surface area contributed by atoms with Gasteiger partial charge in [0.25, 0.3) is 5.69 Å². The van der Waals surface area contributed by atoms with Crippen molar-refractivity contribution >= 4 is 82.6 Å². The van der Waals surface area contributed by atoms with E-state index in [0.29, 0.717) is 17.0 Å². The molecule has 0 bridgehead atoms. The number of rotatable bonds is 6. The van der Waals surface area contributed by atoms with Gasteiger partial charge in [0.2, 0.25) is 0 Å². The van der Waals surface area contributed by atoms with Gasteiger partial charge in [0.15, 0.2) is 5.58 Å². The molecule has 0 aliphatic rings. The van der Waals surface area contributed by atoms with Crippen LogP contribution < -0.4 is 5.32 Å². The summed E-state index contributed by atoms with van der Waals surface area (Å²) >= 11 is 0. The van der Waals surface area contributed by atoms with Crippen molar-refractivity contribution in [2.45, 2.75) is 0 Å². The zero-order chi connectivity index (χ0) is 36.6. The molecular weight excluding hydrogens is 681 g/mol. The van der Waals surface area contributed by atoms with Crippen LogP contribution in [-0.2, 0) is 0 Å². The number of furan rings is 1. The molecule has 8 aromatic carbocycles. The number of anilines is 2. The summed E-state index contributed by atoms with van der Waals surface area (Å²) in [5.41, 5.74) is 10.9. The minimum Gasteiger partial charge on any atom is -0.454 e. The molecule has 0 atom stereocenters. The first kappa shape index (κ1) is 30.9. The number of nitrogens with one attached hydrogen (secondary N) is 1. The lowest BCUT2D eigenvalue weighted by molar-refractivity contribution is -0.383. The Balaban J connectivity index is 1.13. The molecule has 0 fully saturated rings. The molecule has 11 aromatic rings. The molecule has 11 rings (SSSR count). The highest BCUT2D eigenvalue weighted by atomic mass is 16.6. The topological polar surface area (TPSA) is 78.2 Å². The maximum absolute atomic E-state index is 12.1. The molecule has 7 heteroatoms. The third kappa shape index (κ3) is 4.77. The Morgan fingerprint density at radius 2 is 1.00 bits per heavy atom. The van der Waals surface area contributed by atoms with Crippen LogP contribution >= 0.6 is 0 Å². The second-order valence-corrected chi connectivity index (χ2v) is 13.9.